The van der Waals surface area contributed by atoms with Gasteiger partial charge in [-0.25, -0.2) is 4.79 Å². The summed E-state index contributed by atoms with van der Waals surface area (Å²) < 4.78 is 0. The van der Waals surface area contributed by atoms with Gasteiger partial charge < -0.3 is 13.1 Å². The van der Waals surface area contributed by atoms with Crippen LogP contribution in [0, 0.1) is 0 Å². The molecule has 0 fully saturated rings. The number of hydrogen-bond donors (Lipinski definition) is 2. The molecule has 0 aromatic rings. The minimum atomic E-state index is -0.935. The van der Waals surface area contributed by atoms with Gasteiger partial charge in [0.15, 0.2) is 0 Å². The van der Waals surface area contributed by atoms with E-state index in [1.165, 1.54) is 6.92 Å². The maximum atomic E-state index is 9.60. The van der Waals surface area contributed by atoms with Crippen molar-refractivity contribution in [1.82, 2.24) is 0 Å². The molecule has 0 saturated carbocycles. The van der Waals surface area contributed by atoms with Crippen LogP contribution < -0.4 is 0 Å². The van der Waals surface area contributed by atoms with Gasteiger partial charge in [-0.05, 0) is 6.92 Å². The quantitative estimate of drug-likeness (QED) is 0.498. The van der Waals surface area contributed by atoms with E-state index in [1.54, 1.807) is 6.92 Å². The number of aliphatic carboxylic acids is 2. The molecule has 0 atom stereocenters. The number of carboxylic acid groups (broad SMARTS) is 2. The Morgan fingerprint density at radius 3 is 1.58 bits per heavy atom. The molecule has 68 valence electrons. The van der Waals surface area contributed by atoms with Crippen molar-refractivity contribution in [3.8, 4) is 0 Å². The van der Waals surface area contributed by atoms with Crippen LogP contribution in [0.1, 0.15) is 23.1 Å². The minimum absolute atomic E-state index is 0. The van der Waals surface area contributed by atoms with E-state index in [0.717, 1.165) is 0 Å². The first kappa shape index (κ1) is 17.5. The molecule has 0 radical (unpaired) electrons. The van der Waals surface area contributed by atoms with Gasteiger partial charge in [0.25, 0.3) is 0 Å². The van der Waals surface area contributed by atoms with Gasteiger partial charge in [0.1, 0.15) is 0 Å². The summed E-state index contributed by atoms with van der Waals surface area (Å²) in [6, 6.07) is 0. The van der Waals surface area contributed by atoms with Crippen molar-refractivity contribution in [3.05, 3.63) is 12.2 Å². The standard InChI is InChI=1S/C4H6O2.C3H6O2.Mg.2H/c1-3(2)4(5)6;1-2-3(4)5;;;/h1H2,2H3,(H,5,6);2H2,1H3,(H,4,5);;;/q;;+2;2*-1. The Morgan fingerprint density at radius 1 is 1.42 bits per heavy atom. The van der Waals surface area contributed by atoms with E-state index in [0.29, 0.717) is 0 Å². The fourth-order valence-electron chi connectivity index (χ4n) is 0. The number of hydrogen-bond acceptors (Lipinski definition) is 2. The predicted octanol–water partition coefficient (Wildman–Crippen LogP) is 0.972. The zero-order valence-electron chi connectivity index (χ0n) is 9.33. The van der Waals surface area contributed by atoms with Crippen molar-refractivity contribution in [2.45, 2.75) is 20.3 Å². The van der Waals surface area contributed by atoms with Crippen molar-refractivity contribution < 1.29 is 22.7 Å². The molecule has 12 heavy (non-hydrogen) atoms. The Hall–Kier alpha value is -0.554. The van der Waals surface area contributed by atoms with Crippen molar-refractivity contribution in [2.75, 3.05) is 0 Å². The van der Waals surface area contributed by atoms with Crippen LogP contribution in [0.4, 0.5) is 0 Å². The summed E-state index contributed by atoms with van der Waals surface area (Å²) >= 11 is 0. The third kappa shape index (κ3) is 22.7. The molecule has 0 aliphatic rings. The summed E-state index contributed by atoms with van der Waals surface area (Å²) in [6.45, 7) is 6.20. The second-order valence-corrected chi connectivity index (χ2v) is 1.83. The van der Waals surface area contributed by atoms with Gasteiger partial charge >= 0.3 is 35.0 Å². The van der Waals surface area contributed by atoms with Crippen LogP contribution in [0.2, 0.25) is 0 Å². The van der Waals surface area contributed by atoms with Crippen molar-refractivity contribution in [3.63, 3.8) is 0 Å². The van der Waals surface area contributed by atoms with Crippen LogP contribution in [0.3, 0.4) is 0 Å². The molecule has 0 aliphatic heterocycles. The van der Waals surface area contributed by atoms with Crippen LogP contribution >= 0.6 is 0 Å². The normalized spacial score (nSPS) is 6.83. The third-order valence-electron chi connectivity index (χ3n) is 0.668. The fourth-order valence-corrected chi connectivity index (χ4v) is 0. The van der Waals surface area contributed by atoms with Gasteiger partial charge in [0.05, 0.1) is 0 Å². The molecule has 4 nitrogen and oxygen atoms in total. The summed E-state index contributed by atoms with van der Waals surface area (Å²) in [6.07, 6.45) is 0.222. The number of rotatable bonds is 2. The largest absolute Gasteiger partial charge is 2.00 e. The predicted molar refractivity (Wildman–Crippen MR) is 48.4 cm³/mol. The van der Waals surface area contributed by atoms with Crippen LogP contribution in [-0.2, 0) is 9.59 Å². The van der Waals surface area contributed by atoms with E-state index in [-0.39, 0.29) is 37.9 Å². The van der Waals surface area contributed by atoms with Gasteiger partial charge in [0, 0.05) is 12.0 Å². The number of carbonyl (C=O) groups is 2. The maximum Gasteiger partial charge on any atom is 2.00 e. The average molecular weight is 186 g/mol. The topological polar surface area (TPSA) is 74.6 Å². The van der Waals surface area contributed by atoms with Crippen LogP contribution in [-0.4, -0.2) is 45.2 Å². The Kier molecular flexibility index (Phi) is 15.2. The molecule has 5 heteroatoms. The van der Waals surface area contributed by atoms with Crippen molar-refractivity contribution in [1.29, 1.82) is 0 Å². The first-order valence-electron chi connectivity index (χ1n) is 3.02. The Labute approximate surface area is 90.4 Å². The molecule has 0 saturated heterocycles. The second-order valence-electron chi connectivity index (χ2n) is 1.83. The summed E-state index contributed by atoms with van der Waals surface area (Å²) in [7, 11) is 0. The van der Waals surface area contributed by atoms with Gasteiger partial charge in [-0.2, -0.15) is 0 Å². The van der Waals surface area contributed by atoms with Gasteiger partial charge in [-0.1, -0.05) is 13.5 Å². The Balaban J connectivity index is -0.0000000321. The molecule has 0 unspecified atom stereocenters. The molecule has 0 amide bonds. The van der Waals surface area contributed by atoms with E-state index in [4.69, 9.17) is 10.2 Å². The van der Waals surface area contributed by atoms with Crippen molar-refractivity contribution >= 4 is 35.0 Å². The molecule has 0 rings (SSSR count). The van der Waals surface area contributed by atoms with Crippen LogP contribution in [0.5, 0.6) is 0 Å². The molecular weight excluding hydrogens is 172 g/mol. The van der Waals surface area contributed by atoms with Crippen LogP contribution in [0.25, 0.3) is 0 Å². The van der Waals surface area contributed by atoms with Gasteiger partial charge in [-0.3, -0.25) is 4.79 Å². The molecule has 2 N–H and O–H groups in total. The first-order valence-corrected chi connectivity index (χ1v) is 3.02. The summed E-state index contributed by atoms with van der Waals surface area (Å²) in [4.78, 5) is 19.0. The monoisotopic (exact) mass is 186 g/mol. The molecular formula is C7H14MgO4. The zero-order chi connectivity index (χ0) is 9.44. The van der Waals surface area contributed by atoms with Crippen molar-refractivity contribution in [2.24, 2.45) is 0 Å². The molecule has 0 aliphatic carbocycles. The van der Waals surface area contributed by atoms with Gasteiger partial charge in [0.2, 0.25) is 0 Å². The van der Waals surface area contributed by atoms with E-state index < -0.39 is 11.9 Å². The average Bonchev–Trinajstić information content (AvgIpc) is 1.89. The molecule has 0 spiro atoms. The van der Waals surface area contributed by atoms with E-state index in [1.807, 2.05) is 0 Å². The molecule has 0 aromatic carbocycles. The van der Waals surface area contributed by atoms with E-state index in [9.17, 15) is 9.59 Å². The van der Waals surface area contributed by atoms with Gasteiger partial charge in [-0.15, -0.1) is 0 Å². The zero-order valence-corrected chi connectivity index (χ0v) is 8.75. The molecule has 0 bridgehead atoms. The Bertz CT molecular complexity index is 161. The minimum Gasteiger partial charge on any atom is -1.00 e. The molecule has 0 aromatic heterocycles. The summed E-state index contributed by atoms with van der Waals surface area (Å²) in [5.74, 6) is -1.68. The SMILES string of the molecule is C=C(C)C(=O)O.CCC(=O)O.[H-].[H-].[Mg+2]. The second kappa shape index (κ2) is 10.4. The maximum absolute atomic E-state index is 9.60. The number of carboxylic acids is 2. The first-order chi connectivity index (χ1) is 4.91. The Morgan fingerprint density at radius 2 is 1.58 bits per heavy atom. The van der Waals surface area contributed by atoms with E-state index in [2.05, 4.69) is 6.58 Å². The summed E-state index contributed by atoms with van der Waals surface area (Å²) in [5, 5.41) is 15.6. The van der Waals surface area contributed by atoms with Crippen LogP contribution in [0.15, 0.2) is 12.2 Å². The van der Waals surface area contributed by atoms with E-state index >= 15 is 0 Å². The molecule has 0 heterocycles. The summed E-state index contributed by atoms with van der Waals surface area (Å²) in [5.41, 5.74) is 0.176. The fraction of sp³-hybridized carbons (Fsp3) is 0.429. The smallest absolute Gasteiger partial charge is 1.00 e. The third-order valence-corrected chi connectivity index (χ3v) is 0.668.